The number of nitrogens with two attached hydrogens (primary N) is 1. The predicted octanol–water partition coefficient (Wildman–Crippen LogP) is -3.28. The zero-order valence-electron chi connectivity index (χ0n) is 7.68. The standard InChI is InChI=1S/C7H13NO7/c8-7(14)15-6(4(12)2-10)5(13)3(11)1-9/h2-6,9,11-13H,1H2,(H2,8,14)/t3-,4-,5-,6-/m1/s1. The molecule has 1 amide bonds. The minimum atomic E-state index is -1.84. The predicted molar refractivity (Wildman–Crippen MR) is 45.6 cm³/mol. The maximum Gasteiger partial charge on any atom is 0.404 e. The van der Waals surface area contributed by atoms with Crippen LogP contribution in [0, 0.1) is 0 Å². The molecule has 0 spiro atoms. The van der Waals surface area contributed by atoms with Crippen molar-refractivity contribution >= 4 is 12.4 Å². The number of carbonyl (C=O) groups is 2. The molecule has 0 bridgehead atoms. The van der Waals surface area contributed by atoms with Crippen LogP contribution in [-0.2, 0) is 9.53 Å². The average Bonchev–Trinajstić information content (AvgIpc) is 2.22. The highest BCUT2D eigenvalue weighted by molar-refractivity contribution is 5.66. The van der Waals surface area contributed by atoms with Crippen LogP contribution in [0.15, 0.2) is 0 Å². The van der Waals surface area contributed by atoms with Gasteiger partial charge in [0.2, 0.25) is 0 Å². The maximum absolute atomic E-state index is 10.4. The lowest BCUT2D eigenvalue weighted by Gasteiger charge is -2.26. The van der Waals surface area contributed by atoms with E-state index in [1.807, 2.05) is 0 Å². The Hall–Kier alpha value is -1.22. The Morgan fingerprint density at radius 3 is 2.27 bits per heavy atom. The summed E-state index contributed by atoms with van der Waals surface area (Å²) in [6.45, 7) is -0.828. The van der Waals surface area contributed by atoms with Gasteiger partial charge in [0, 0.05) is 0 Å². The minimum Gasteiger partial charge on any atom is -0.440 e. The van der Waals surface area contributed by atoms with Crippen LogP contribution >= 0.6 is 0 Å². The van der Waals surface area contributed by atoms with E-state index < -0.39 is 37.1 Å². The molecular weight excluding hydrogens is 210 g/mol. The van der Waals surface area contributed by atoms with Gasteiger partial charge in [-0.15, -0.1) is 0 Å². The molecule has 0 radical (unpaired) electrons. The molecule has 0 unspecified atom stereocenters. The normalized spacial score (nSPS) is 18.7. The van der Waals surface area contributed by atoms with Crippen molar-refractivity contribution in [2.24, 2.45) is 5.73 Å². The van der Waals surface area contributed by atoms with E-state index in [4.69, 9.17) is 15.3 Å². The van der Waals surface area contributed by atoms with E-state index in [0.717, 1.165) is 0 Å². The van der Waals surface area contributed by atoms with Crippen molar-refractivity contribution in [3.05, 3.63) is 0 Å². The number of ether oxygens (including phenoxy) is 1. The molecule has 0 saturated heterocycles. The van der Waals surface area contributed by atoms with Gasteiger partial charge >= 0.3 is 6.09 Å². The highest BCUT2D eigenvalue weighted by Gasteiger charge is 2.34. The van der Waals surface area contributed by atoms with Crippen molar-refractivity contribution in [1.29, 1.82) is 0 Å². The Kier molecular flexibility index (Phi) is 5.79. The van der Waals surface area contributed by atoms with Crippen LogP contribution in [0.2, 0.25) is 0 Å². The molecule has 8 nitrogen and oxygen atoms in total. The summed E-state index contributed by atoms with van der Waals surface area (Å²) in [5.41, 5.74) is 4.62. The van der Waals surface area contributed by atoms with Crippen LogP contribution in [-0.4, -0.2) is 63.8 Å². The largest absolute Gasteiger partial charge is 0.440 e. The van der Waals surface area contributed by atoms with Gasteiger partial charge in [-0.2, -0.15) is 0 Å². The zero-order valence-corrected chi connectivity index (χ0v) is 7.68. The van der Waals surface area contributed by atoms with Gasteiger partial charge in [0.15, 0.2) is 12.4 Å². The maximum atomic E-state index is 10.4. The summed E-state index contributed by atoms with van der Waals surface area (Å²) in [6.07, 6.45) is -8.37. The fourth-order valence-electron chi connectivity index (χ4n) is 0.880. The van der Waals surface area contributed by atoms with Gasteiger partial charge in [-0.05, 0) is 0 Å². The second kappa shape index (κ2) is 6.30. The van der Waals surface area contributed by atoms with E-state index in [-0.39, 0.29) is 6.29 Å². The first-order valence-electron chi connectivity index (χ1n) is 4.00. The first-order valence-corrected chi connectivity index (χ1v) is 4.00. The van der Waals surface area contributed by atoms with Gasteiger partial charge in [0.05, 0.1) is 6.61 Å². The second-order valence-corrected chi connectivity index (χ2v) is 2.77. The molecule has 0 aliphatic carbocycles. The summed E-state index contributed by atoms with van der Waals surface area (Å²) in [4.78, 5) is 20.6. The Balaban J connectivity index is 4.60. The minimum absolute atomic E-state index is 0.000914. The molecule has 0 rings (SSSR count). The topological polar surface area (TPSA) is 150 Å². The molecule has 0 heterocycles. The molecular formula is C7H13NO7. The number of hydrogen-bond donors (Lipinski definition) is 5. The number of hydrogen-bond acceptors (Lipinski definition) is 7. The lowest BCUT2D eigenvalue weighted by molar-refractivity contribution is -0.136. The van der Waals surface area contributed by atoms with Crippen LogP contribution in [0.3, 0.4) is 0 Å². The van der Waals surface area contributed by atoms with Gasteiger partial charge in [-0.3, -0.25) is 0 Å². The van der Waals surface area contributed by atoms with Crippen molar-refractivity contribution < 1.29 is 34.8 Å². The third-order valence-corrected chi connectivity index (χ3v) is 1.65. The van der Waals surface area contributed by atoms with Gasteiger partial charge in [-0.1, -0.05) is 0 Å². The molecule has 0 fully saturated rings. The van der Waals surface area contributed by atoms with Crippen molar-refractivity contribution in [2.75, 3.05) is 6.61 Å². The summed E-state index contributed by atoms with van der Waals surface area (Å²) in [5.74, 6) is 0. The number of rotatable bonds is 6. The van der Waals surface area contributed by atoms with Crippen LogP contribution < -0.4 is 5.73 Å². The summed E-state index contributed by atoms with van der Waals surface area (Å²) < 4.78 is 4.22. The molecule has 88 valence electrons. The van der Waals surface area contributed by atoms with E-state index in [2.05, 4.69) is 10.5 Å². The molecule has 0 aliphatic heterocycles. The summed E-state index contributed by atoms with van der Waals surface area (Å²) in [5, 5.41) is 35.8. The van der Waals surface area contributed by atoms with E-state index in [9.17, 15) is 14.7 Å². The molecule has 15 heavy (non-hydrogen) atoms. The highest BCUT2D eigenvalue weighted by atomic mass is 16.6. The van der Waals surface area contributed by atoms with E-state index in [0.29, 0.717) is 0 Å². The Morgan fingerprint density at radius 2 is 1.93 bits per heavy atom. The van der Waals surface area contributed by atoms with E-state index >= 15 is 0 Å². The van der Waals surface area contributed by atoms with Crippen LogP contribution in [0.4, 0.5) is 4.79 Å². The van der Waals surface area contributed by atoms with E-state index in [1.54, 1.807) is 0 Å². The molecule has 0 aliphatic rings. The second-order valence-electron chi connectivity index (χ2n) is 2.77. The Bertz CT molecular complexity index is 221. The third-order valence-electron chi connectivity index (χ3n) is 1.65. The van der Waals surface area contributed by atoms with Gasteiger partial charge < -0.3 is 35.7 Å². The molecule has 0 saturated carbocycles. The number of primary amides is 1. The van der Waals surface area contributed by atoms with Crippen LogP contribution in [0.25, 0.3) is 0 Å². The first kappa shape index (κ1) is 13.8. The summed E-state index contributed by atoms with van der Waals surface area (Å²) in [7, 11) is 0. The fourth-order valence-corrected chi connectivity index (χ4v) is 0.880. The molecule has 4 atom stereocenters. The number of aliphatic hydroxyl groups excluding tert-OH is 4. The van der Waals surface area contributed by atoms with Gasteiger partial charge in [0.25, 0.3) is 0 Å². The summed E-state index contributed by atoms with van der Waals surface area (Å²) >= 11 is 0. The average molecular weight is 223 g/mol. The summed E-state index contributed by atoms with van der Waals surface area (Å²) in [6, 6.07) is 0. The number of aliphatic hydroxyl groups is 4. The SMILES string of the molecule is NC(=O)O[C@@H]([C@H](O)[C@H](O)CO)[C@H](O)C=O. The van der Waals surface area contributed by atoms with Crippen LogP contribution in [0.1, 0.15) is 0 Å². The van der Waals surface area contributed by atoms with Crippen molar-refractivity contribution in [3.8, 4) is 0 Å². The first-order chi connectivity index (χ1) is 6.93. The lowest BCUT2D eigenvalue weighted by Crippen LogP contribution is -2.49. The lowest BCUT2D eigenvalue weighted by atomic mass is 10.0. The van der Waals surface area contributed by atoms with E-state index in [1.165, 1.54) is 0 Å². The molecule has 0 aromatic carbocycles. The van der Waals surface area contributed by atoms with Crippen molar-refractivity contribution in [1.82, 2.24) is 0 Å². The fraction of sp³-hybridized carbons (Fsp3) is 0.714. The Labute approximate surface area is 84.9 Å². The van der Waals surface area contributed by atoms with Crippen molar-refractivity contribution in [2.45, 2.75) is 24.4 Å². The quantitative estimate of drug-likeness (QED) is 0.296. The molecule has 0 aromatic rings. The van der Waals surface area contributed by atoms with Crippen LogP contribution in [0.5, 0.6) is 0 Å². The number of carbonyl (C=O) groups excluding carboxylic acids is 2. The molecule has 6 N–H and O–H groups in total. The van der Waals surface area contributed by atoms with Gasteiger partial charge in [0.1, 0.15) is 18.3 Å². The smallest absolute Gasteiger partial charge is 0.404 e. The molecule has 0 aromatic heterocycles. The number of amides is 1. The third kappa shape index (κ3) is 4.21. The van der Waals surface area contributed by atoms with Gasteiger partial charge in [-0.25, -0.2) is 4.79 Å². The zero-order chi connectivity index (χ0) is 12.0. The van der Waals surface area contributed by atoms with Crippen molar-refractivity contribution in [3.63, 3.8) is 0 Å². The molecule has 8 heteroatoms. The monoisotopic (exact) mass is 223 g/mol. The number of aldehydes is 1. The Morgan fingerprint density at radius 1 is 1.40 bits per heavy atom. The highest BCUT2D eigenvalue weighted by Crippen LogP contribution is 2.08.